The summed E-state index contributed by atoms with van der Waals surface area (Å²) in [7, 11) is -4.24. The van der Waals surface area contributed by atoms with Crippen LogP contribution in [0.15, 0.2) is 72.9 Å². The van der Waals surface area contributed by atoms with Gasteiger partial charge < -0.3 is 0 Å². The quantitative estimate of drug-likeness (QED) is 0.590. The maximum atomic E-state index is 13.0. The Morgan fingerprint density at radius 2 is 1.59 bits per heavy atom. The van der Waals surface area contributed by atoms with Crippen LogP contribution in [0.25, 0.3) is 0 Å². The van der Waals surface area contributed by atoms with Crippen molar-refractivity contribution in [3.05, 3.63) is 89.1 Å². The molecule has 0 aliphatic heterocycles. The first-order chi connectivity index (χ1) is 13.7. The molecule has 3 rings (SSSR count). The zero-order chi connectivity index (χ0) is 21.1. The minimum atomic E-state index is -4.66. The number of alkyl halides is 3. The fourth-order valence-electron chi connectivity index (χ4n) is 2.51. The molecule has 0 atom stereocenters. The Morgan fingerprint density at radius 3 is 2.14 bits per heavy atom. The summed E-state index contributed by atoms with van der Waals surface area (Å²) < 4.78 is 68.0. The van der Waals surface area contributed by atoms with Crippen LogP contribution >= 0.6 is 11.6 Å². The van der Waals surface area contributed by atoms with Crippen molar-refractivity contribution in [2.75, 3.05) is 4.31 Å². The molecule has 0 saturated heterocycles. The third-order valence-electron chi connectivity index (χ3n) is 3.87. The molecular weight excluding hydrogens is 427 g/mol. The molecule has 0 aliphatic carbocycles. The molecule has 152 valence electrons. The van der Waals surface area contributed by atoms with Crippen LogP contribution in [-0.2, 0) is 22.9 Å². The number of hydrogen-bond donors (Lipinski definition) is 1. The van der Waals surface area contributed by atoms with E-state index in [2.05, 4.69) is 9.71 Å². The number of pyridine rings is 1. The standard InChI is InChI=1S/C19H15ClF3N3O2S/c20-17-11-15(19(21,22)23)13-24-18(17)26(16-9-5-2-6-10-16)29(27,28)25-12-14-7-3-1-4-8-14/h1-11,13,25H,12H2. The lowest BCUT2D eigenvalue weighted by molar-refractivity contribution is -0.137. The number of aromatic nitrogens is 1. The molecule has 1 aromatic heterocycles. The highest BCUT2D eigenvalue weighted by molar-refractivity contribution is 7.91. The molecule has 1 heterocycles. The molecule has 2 aromatic carbocycles. The third-order valence-corrected chi connectivity index (χ3v) is 5.53. The molecule has 0 amide bonds. The Kier molecular flexibility index (Phi) is 6.11. The fraction of sp³-hybridized carbons (Fsp3) is 0.105. The van der Waals surface area contributed by atoms with Crippen LogP contribution in [0.4, 0.5) is 24.7 Å². The lowest BCUT2D eigenvalue weighted by Gasteiger charge is -2.25. The smallest absolute Gasteiger partial charge is 0.236 e. The van der Waals surface area contributed by atoms with Crippen LogP contribution in [-0.4, -0.2) is 13.4 Å². The highest BCUT2D eigenvalue weighted by Crippen LogP contribution is 2.36. The number of anilines is 2. The van der Waals surface area contributed by atoms with Crippen molar-refractivity contribution in [1.82, 2.24) is 9.71 Å². The monoisotopic (exact) mass is 441 g/mol. The summed E-state index contributed by atoms with van der Waals surface area (Å²) in [5, 5.41) is -0.450. The van der Waals surface area contributed by atoms with Gasteiger partial charge in [0.05, 0.1) is 16.3 Å². The lowest BCUT2D eigenvalue weighted by Crippen LogP contribution is -2.38. The van der Waals surface area contributed by atoms with E-state index in [9.17, 15) is 21.6 Å². The molecule has 0 radical (unpaired) electrons. The van der Waals surface area contributed by atoms with Gasteiger partial charge in [-0.15, -0.1) is 0 Å². The summed E-state index contributed by atoms with van der Waals surface area (Å²) in [5.74, 6) is -0.341. The van der Waals surface area contributed by atoms with E-state index in [1.807, 2.05) is 0 Å². The Morgan fingerprint density at radius 1 is 1.00 bits per heavy atom. The molecule has 1 N–H and O–H groups in total. The van der Waals surface area contributed by atoms with Crippen molar-refractivity contribution in [3.63, 3.8) is 0 Å². The number of nitrogens with zero attached hydrogens (tertiary/aromatic N) is 2. The minimum Gasteiger partial charge on any atom is -0.236 e. The number of nitrogens with one attached hydrogen (secondary N) is 1. The highest BCUT2D eigenvalue weighted by Gasteiger charge is 2.34. The number of halogens is 4. The number of rotatable bonds is 6. The molecule has 3 aromatic rings. The minimum absolute atomic E-state index is 0.0231. The largest absolute Gasteiger partial charge is 0.417 e. The van der Waals surface area contributed by atoms with Crippen LogP contribution < -0.4 is 9.03 Å². The molecule has 29 heavy (non-hydrogen) atoms. The Bertz CT molecular complexity index is 1080. The van der Waals surface area contributed by atoms with Gasteiger partial charge >= 0.3 is 16.4 Å². The molecule has 0 unspecified atom stereocenters. The molecule has 0 aliphatic rings. The molecule has 0 bridgehead atoms. The van der Waals surface area contributed by atoms with E-state index in [0.717, 1.165) is 4.31 Å². The summed E-state index contributed by atoms with van der Waals surface area (Å²) in [6.07, 6.45) is -4.11. The molecule has 5 nitrogen and oxygen atoms in total. The van der Waals surface area contributed by atoms with E-state index < -0.39 is 27.0 Å². The topological polar surface area (TPSA) is 62.3 Å². The van der Waals surface area contributed by atoms with E-state index in [0.29, 0.717) is 17.8 Å². The predicted octanol–water partition coefficient (Wildman–Crippen LogP) is 4.93. The van der Waals surface area contributed by atoms with Crippen LogP contribution in [0.1, 0.15) is 11.1 Å². The van der Waals surface area contributed by atoms with Crippen molar-refractivity contribution < 1.29 is 21.6 Å². The summed E-state index contributed by atoms with van der Waals surface area (Å²) in [4.78, 5) is 3.70. The normalized spacial score (nSPS) is 12.0. The van der Waals surface area contributed by atoms with E-state index >= 15 is 0 Å². The van der Waals surface area contributed by atoms with Gasteiger partial charge in [-0.25, -0.2) is 9.29 Å². The van der Waals surface area contributed by atoms with Gasteiger partial charge in [0.15, 0.2) is 5.82 Å². The van der Waals surface area contributed by atoms with Crippen molar-refractivity contribution in [3.8, 4) is 0 Å². The van der Waals surface area contributed by atoms with Crippen LogP contribution in [0.2, 0.25) is 5.02 Å². The Hall–Kier alpha value is -2.62. The second-order valence-electron chi connectivity index (χ2n) is 5.94. The molecule has 10 heteroatoms. The van der Waals surface area contributed by atoms with Crippen LogP contribution in [0, 0.1) is 0 Å². The molecule has 0 spiro atoms. The highest BCUT2D eigenvalue weighted by atomic mass is 35.5. The summed E-state index contributed by atoms with van der Waals surface area (Å²) in [6.45, 7) is -0.0231. The first-order valence-corrected chi connectivity index (χ1v) is 10.1. The maximum Gasteiger partial charge on any atom is 0.417 e. The molecular formula is C19H15ClF3N3O2S. The summed E-state index contributed by atoms with van der Waals surface area (Å²) in [6, 6.07) is 17.2. The van der Waals surface area contributed by atoms with Gasteiger partial charge in [0, 0.05) is 12.7 Å². The van der Waals surface area contributed by atoms with E-state index in [4.69, 9.17) is 11.6 Å². The number of para-hydroxylation sites is 1. The first-order valence-electron chi connectivity index (χ1n) is 8.30. The van der Waals surface area contributed by atoms with Gasteiger partial charge in [-0.3, -0.25) is 0 Å². The van der Waals surface area contributed by atoms with Gasteiger partial charge in [0.25, 0.3) is 0 Å². The average Bonchev–Trinajstić information content (AvgIpc) is 2.69. The number of hydrogen-bond acceptors (Lipinski definition) is 3. The van der Waals surface area contributed by atoms with Gasteiger partial charge in [0.2, 0.25) is 0 Å². The zero-order valence-corrected chi connectivity index (χ0v) is 16.3. The Labute approximate surface area is 171 Å². The van der Waals surface area contributed by atoms with E-state index in [1.165, 1.54) is 12.1 Å². The van der Waals surface area contributed by atoms with Gasteiger partial charge in [0.1, 0.15) is 0 Å². The second kappa shape index (κ2) is 8.40. The maximum absolute atomic E-state index is 13.0. The number of benzene rings is 2. The van der Waals surface area contributed by atoms with Gasteiger partial charge in [-0.05, 0) is 23.8 Å². The fourth-order valence-corrected chi connectivity index (χ4v) is 4.06. The molecule has 0 saturated carbocycles. The van der Waals surface area contributed by atoms with Gasteiger partial charge in [-0.2, -0.15) is 26.3 Å². The van der Waals surface area contributed by atoms with E-state index in [1.54, 1.807) is 48.5 Å². The van der Waals surface area contributed by atoms with Crippen molar-refractivity contribution in [2.24, 2.45) is 0 Å². The van der Waals surface area contributed by atoms with E-state index in [-0.39, 0.29) is 18.1 Å². The SMILES string of the molecule is O=S(=O)(NCc1ccccc1)N(c1ccccc1)c1ncc(C(F)(F)F)cc1Cl. The second-order valence-corrected chi connectivity index (χ2v) is 7.95. The van der Waals surface area contributed by atoms with Crippen molar-refractivity contribution in [2.45, 2.75) is 12.7 Å². The van der Waals surface area contributed by atoms with Gasteiger partial charge in [-0.1, -0.05) is 60.1 Å². The Balaban J connectivity index is 2.02. The van der Waals surface area contributed by atoms with Crippen molar-refractivity contribution >= 4 is 33.3 Å². The average molecular weight is 442 g/mol. The van der Waals surface area contributed by atoms with Crippen LogP contribution in [0.3, 0.4) is 0 Å². The predicted molar refractivity (Wildman–Crippen MR) is 105 cm³/mol. The summed E-state index contributed by atoms with van der Waals surface area (Å²) >= 11 is 6.01. The zero-order valence-electron chi connectivity index (χ0n) is 14.8. The van der Waals surface area contributed by atoms with Crippen LogP contribution in [0.5, 0.6) is 0 Å². The van der Waals surface area contributed by atoms with Crippen molar-refractivity contribution in [1.29, 1.82) is 0 Å². The first kappa shape index (κ1) is 21.1. The molecule has 0 fully saturated rings. The lowest BCUT2D eigenvalue weighted by atomic mass is 10.2. The summed E-state index contributed by atoms with van der Waals surface area (Å²) in [5.41, 5.74) is -0.202. The third kappa shape index (κ3) is 5.06.